The molecule has 0 unspecified atom stereocenters. The van der Waals surface area contributed by atoms with Gasteiger partial charge in [0.15, 0.2) is 11.8 Å². The van der Waals surface area contributed by atoms with E-state index in [1.54, 1.807) is 12.1 Å². The number of nitrogens with two attached hydrogens (primary N) is 2. The summed E-state index contributed by atoms with van der Waals surface area (Å²) in [4.78, 5) is 14.7. The Balaban J connectivity index is 2.41. The van der Waals surface area contributed by atoms with Crippen molar-refractivity contribution in [1.82, 2.24) is 10.2 Å². The van der Waals surface area contributed by atoms with E-state index in [9.17, 15) is 10.1 Å². The van der Waals surface area contributed by atoms with Crippen molar-refractivity contribution in [2.45, 2.75) is 0 Å². The maximum absolute atomic E-state index is 11.3. The number of benzene rings is 2. The Bertz CT molecular complexity index is 920. The minimum absolute atomic E-state index is 0.0204. The lowest BCUT2D eigenvalue weighted by atomic mass is 10.0. The van der Waals surface area contributed by atoms with Crippen LogP contribution in [-0.2, 0) is 0 Å². The number of nitro groups is 1. The molecule has 3 rings (SSSR count). The van der Waals surface area contributed by atoms with Crippen LogP contribution in [0, 0.1) is 10.1 Å². The fraction of sp³-hybridized carbons (Fsp3) is 0. The van der Waals surface area contributed by atoms with Crippen LogP contribution in [0.2, 0.25) is 0 Å². The summed E-state index contributed by atoms with van der Waals surface area (Å²) in [7, 11) is 0. The summed E-state index contributed by atoms with van der Waals surface area (Å²) in [5, 5.41) is 20.3. The average Bonchev–Trinajstić information content (AvgIpc) is 2.54. The van der Waals surface area contributed by atoms with Crippen LogP contribution in [0.4, 0.5) is 11.5 Å². The average molecular weight is 308 g/mol. The molecule has 0 radical (unpaired) electrons. The predicted molar refractivity (Wildman–Crippen MR) is 87.1 cm³/mol. The fourth-order valence-corrected chi connectivity index (χ4v) is 2.34. The van der Waals surface area contributed by atoms with E-state index in [4.69, 9.17) is 11.5 Å². The largest absolute Gasteiger partial charge is 0.370 e. The second-order valence-corrected chi connectivity index (χ2v) is 4.73. The molecule has 1 aromatic heterocycles. The normalized spacial score (nSPS) is 10.4. The molecule has 4 N–H and O–H groups in total. The van der Waals surface area contributed by atoms with Gasteiger partial charge in [0.1, 0.15) is 11.1 Å². The molecule has 0 spiro atoms. The van der Waals surface area contributed by atoms with E-state index in [1.165, 1.54) is 6.07 Å². The lowest BCUT2D eigenvalue weighted by molar-refractivity contribution is -0.383. The molecule has 0 fully saturated rings. The summed E-state index contributed by atoms with van der Waals surface area (Å²) in [6, 6.07) is 14.0. The molecule has 0 aliphatic carbocycles. The van der Waals surface area contributed by atoms with Crippen LogP contribution in [0.1, 0.15) is 0 Å². The number of aromatic nitrogens is 2. The summed E-state index contributed by atoms with van der Waals surface area (Å²) in [5.74, 6) is -0.224. The van der Waals surface area contributed by atoms with E-state index < -0.39 is 4.92 Å². The third-order valence-corrected chi connectivity index (χ3v) is 3.24. The number of rotatable bonds is 3. The SMILES string of the molecule is NC(N)=Nc1nnc(-c2ccccc2)c2cccc([N+](=O)[O-])c12. The Kier molecular flexibility index (Phi) is 3.55. The summed E-state index contributed by atoms with van der Waals surface area (Å²) in [5.41, 5.74) is 12.0. The molecule has 8 nitrogen and oxygen atoms in total. The highest BCUT2D eigenvalue weighted by Gasteiger charge is 2.20. The van der Waals surface area contributed by atoms with E-state index in [2.05, 4.69) is 15.2 Å². The van der Waals surface area contributed by atoms with Crippen molar-refractivity contribution in [2.75, 3.05) is 0 Å². The Hall–Kier alpha value is -3.55. The smallest absolute Gasteiger partial charge is 0.281 e. The standard InChI is InChI=1S/C15H12N6O2/c16-15(17)18-14-12-10(7-4-8-11(12)21(22)23)13(19-20-14)9-5-2-1-3-6-9/h1-8H,(H4,16,17,18,20). The molecule has 0 aliphatic rings. The maximum atomic E-state index is 11.3. The third-order valence-electron chi connectivity index (χ3n) is 3.24. The van der Waals surface area contributed by atoms with E-state index in [-0.39, 0.29) is 22.9 Å². The van der Waals surface area contributed by atoms with Crippen molar-refractivity contribution in [3.05, 3.63) is 58.6 Å². The molecule has 0 atom stereocenters. The highest BCUT2D eigenvalue weighted by atomic mass is 16.6. The van der Waals surface area contributed by atoms with Crippen LogP contribution in [-0.4, -0.2) is 21.1 Å². The van der Waals surface area contributed by atoms with Crippen molar-refractivity contribution in [1.29, 1.82) is 0 Å². The monoisotopic (exact) mass is 308 g/mol. The Morgan fingerprint density at radius 2 is 1.78 bits per heavy atom. The van der Waals surface area contributed by atoms with Gasteiger partial charge in [0.05, 0.1) is 4.92 Å². The number of nitrogens with zero attached hydrogens (tertiary/aromatic N) is 4. The van der Waals surface area contributed by atoms with Crippen LogP contribution >= 0.6 is 0 Å². The minimum Gasteiger partial charge on any atom is -0.370 e. The second-order valence-electron chi connectivity index (χ2n) is 4.73. The van der Waals surface area contributed by atoms with Gasteiger partial charge < -0.3 is 11.5 Å². The maximum Gasteiger partial charge on any atom is 0.281 e. The van der Waals surface area contributed by atoms with Gasteiger partial charge in [0, 0.05) is 17.0 Å². The molecule has 0 saturated carbocycles. The van der Waals surface area contributed by atoms with Crippen LogP contribution in [0.25, 0.3) is 22.0 Å². The zero-order chi connectivity index (χ0) is 16.4. The number of nitro benzene ring substituents is 1. The summed E-state index contributed by atoms with van der Waals surface area (Å²) in [6.07, 6.45) is 0. The van der Waals surface area contributed by atoms with Crippen molar-refractivity contribution in [3.8, 4) is 11.3 Å². The topological polar surface area (TPSA) is 133 Å². The minimum atomic E-state index is -0.496. The first-order chi connectivity index (χ1) is 11.1. The molecule has 8 heteroatoms. The van der Waals surface area contributed by atoms with Gasteiger partial charge in [-0.25, -0.2) is 0 Å². The summed E-state index contributed by atoms with van der Waals surface area (Å²) in [6.45, 7) is 0. The number of guanidine groups is 1. The quantitative estimate of drug-likeness (QED) is 0.329. The first kappa shape index (κ1) is 14.4. The Morgan fingerprint density at radius 3 is 2.43 bits per heavy atom. The van der Waals surface area contributed by atoms with Gasteiger partial charge in [-0.1, -0.05) is 42.5 Å². The van der Waals surface area contributed by atoms with Crippen molar-refractivity contribution < 1.29 is 4.92 Å². The number of hydrogen-bond acceptors (Lipinski definition) is 5. The zero-order valence-electron chi connectivity index (χ0n) is 11.9. The van der Waals surface area contributed by atoms with Crippen LogP contribution in [0.3, 0.4) is 0 Å². The van der Waals surface area contributed by atoms with Crippen molar-refractivity contribution in [3.63, 3.8) is 0 Å². The molecule has 23 heavy (non-hydrogen) atoms. The molecular weight excluding hydrogens is 296 g/mol. The lowest BCUT2D eigenvalue weighted by Gasteiger charge is -2.07. The fourth-order valence-electron chi connectivity index (χ4n) is 2.34. The highest BCUT2D eigenvalue weighted by molar-refractivity contribution is 6.05. The summed E-state index contributed by atoms with van der Waals surface area (Å²) < 4.78 is 0. The van der Waals surface area contributed by atoms with Crippen molar-refractivity contribution in [2.24, 2.45) is 16.5 Å². The molecule has 2 aromatic carbocycles. The number of fused-ring (bicyclic) bond motifs is 1. The first-order valence-electron chi connectivity index (χ1n) is 6.67. The molecule has 0 aliphatic heterocycles. The van der Waals surface area contributed by atoms with Crippen LogP contribution in [0.5, 0.6) is 0 Å². The Morgan fingerprint density at radius 1 is 1.04 bits per heavy atom. The van der Waals surface area contributed by atoms with E-state index >= 15 is 0 Å². The predicted octanol–water partition coefficient (Wildman–Crippen LogP) is 2.11. The molecular formula is C15H12N6O2. The third kappa shape index (κ3) is 2.64. The van der Waals surface area contributed by atoms with Crippen molar-refractivity contribution >= 4 is 28.2 Å². The molecule has 3 aromatic rings. The van der Waals surface area contributed by atoms with Crippen LogP contribution in [0.15, 0.2) is 53.5 Å². The van der Waals surface area contributed by atoms with Gasteiger partial charge >= 0.3 is 0 Å². The molecule has 1 heterocycles. The molecule has 0 saturated heterocycles. The lowest BCUT2D eigenvalue weighted by Crippen LogP contribution is -2.22. The first-order valence-corrected chi connectivity index (χ1v) is 6.67. The van der Waals surface area contributed by atoms with Gasteiger partial charge in [0.2, 0.25) is 0 Å². The highest BCUT2D eigenvalue weighted by Crippen LogP contribution is 2.36. The second kappa shape index (κ2) is 5.68. The molecule has 0 amide bonds. The van der Waals surface area contributed by atoms with E-state index in [0.29, 0.717) is 11.1 Å². The van der Waals surface area contributed by atoms with Gasteiger partial charge in [-0.05, 0) is 0 Å². The van der Waals surface area contributed by atoms with E-state index in [0.717, 1.165) is 5.56 Å². The molecule has 0 bridgehead atoms. The van der Waals surface area contributed by atoms with Gasteiger partial charge in [-0.2, -0.15) is 4.99 Å². The van der Waals surface area contributed by atoms with E-state index in [1.807, 2.05) is 30.3 Å². The number of aliphatic imine (C=N–C) groups is 1. The summed E-state index contributed by atoms with van der Waals surface area (Å²) >= 11 is 0. The van der Waals surface area contributed by atoms with Crippen LogP contribution < -0.4 is 11.5 Å². The number of hydrogen-bond donors (Lipinski definition) is 2. The Labute approximate surface area is 130 Å². The van der Waals surface area contributed by atoms with Gasteiger partial charge in [0.25, 0.3) is 5.69 Å². The van der Waals surface area contributed by atoms with Gasteiger partial charge in [-0.3, -0.25) is 10.1 Å². The molecule has 114 valence electrons. The van der Waals surface area contributed by atoms with Gasteiger partial charge in [-0.15, -0.1) is 10.2 Å². The number of non-ortho nitro benzene ring substituents is 1. The zero-order valence-corrected chi connectivity index (χ0v) is 11.9.